The lowest BCUT2D eigenvalue weighted by Crippen LogP contribution is -2.36. The summed E-state index contributed by atoms with van der Waals surface area (Å²) in [5, 5.41) is 2.31. The molecule has 3 amide bonds. The van der Waals surface area contributed by atoms with Gasteiger partial charge < -0.3 is 10.1 Å². The van der Waals surface area contributed by atoms with E-state index in [2.05, 4.69) is 5.32 Å². The molecule has 1 saturated heterocycles. The van der Waals surface area contributed by atoms with Gasteiger partial charge in [-0.1, -0.05) is 6.92 Å². The normalized spacial score (nSPS) is 15.6. The van der Waals surface area contributed by atoms with E-state index in [0.717, 1.165) is 4.90 Å². The summed E-state index contributed by atoms with van der Waals surface area (Å²) in [5.41, 5.74) is 0. The van der Waals surface area contributed by atoms with E-state index >= 15 is 0 Å². The van der Waals surface area contributed by atoms with Crippen molar-refractivity contribution in [3.05, 3.63) is 0 Å². The molecule has 6 nitrogen and oxygen atoms in total. The Hall–Kier alpha value is -1.59. The first-order valence-corrected chi connectivity index (χ1v) is 4.39. The molecule has 0 bridgehead atoms. The van der Waals surface area contributed by atoms with E-state index in [1.165, 1.54) is 0 Å². The molecule has 1 aliphatic rings. The first kappa shape index (κ1) is 10.5. The lowest BCUT2D eigenvalue weighted by atomic mass is 10.5. The topological polar surface area (TPSA) is 75.7 Å². The van der Waals surface area contributed by atoms with Crippen LogP contribution in [0.1, 0.15) is 13.3 Å². The third-order valence-corrected chi connectivity index (χ3v) is 1.69. The summed E-state index contributed by atoms with van der Waals surface area (Å²) in [6.07, 6.45) is 0.714. The Labute approximate surface area is 81.2 Å². The van der Waals surface area contributed by atoms with Crippen molar-refractivity contribution in [2.24, 2.45) is 0 Å². The van der Waals surface area contributed by atoms with Crippen LogP contribution in [-0.2, 0) is 14.3 Å². The molecule has 0 radical (unpaired) electrons. The molecule has 0 aromatic rings. The number of hydrogen-bond donors (Lipinski definition) is 1. The summed E-state index contributed by atoms with van der Waals surface area (Å²) < 4.78 is 4.74. The van der Waals surface area contributed by atoms with Gasteiger partial charge in [-0.05, 0) is 6.42 Å². The van der Waals surface area contributed by atoms with E-state index in [1.807, 2.05) is 6.92 Å². The van der Waals surface area contributed by atoms with E-state index in [4.69, 9.17) is 4.74 Å². The summed E-state index contributed by atoms with van der Waals surface area (Å²) >= 11 is 0. The van der Waals surface area contributed by atoms with Gasteiger partial charge >= 0.3 is 12.0 Å². The second-order valence-corrected chi connectivity index (χ2v) is 2.86. The fraction of sp³-hybridized carbons (Fsp3) is 0.625. The Balaban J connectivity index is 2.39. The van der Waals surface area contributed by atoms with Gasteiger partial charge in [-0.25, -0.2) is 4.79 Å². The van der Waals surface area contributed by atoms with Crippen LogP contribution >= 0.6 is 0 Å². The molecule has 0 aromatic carbocycles. The molecule has 0 aliphatic carbocycles. The summed E-state index contributed by atoms with van der Waals surface area (Å²) in [4.78, 5) is 33.9. The molecule has 1 aliphatic heterocycles. The van der Waals surface area contributed by atoms with Gasteiger partial charge in [-0.15, -0.1) is 0 Å². The largest absolute Gasteiger partial charge is 0.464 e. The Morgan fingerprint density at radius 2 is 2.29 bits per heavy atom. The molecular formula is C8H12N2O4. The number of imide groups is 1. The summed E-state index contributed by atoms with van der Waals surface area (Å²) in [6, 6.07) is -0.538. The molecule has 1 fully saturated rings. The van der Waals surface area contributed by atoms with Gasteiger partial charge in [0.15, 0.2) is 0 Å². The van der Waals surface area contributed by atoms with E-state index in [-0.39, 0.29) is 13.1 Å². The first-order chi connectivity index (χ1) is 6.65. The number of carbonyl (C=O) groups is 3. The van der Waals surface area contributed by atoms with Crippen LogP contribution in [0.5, 0.6) is 0 Å². The number of ether oxygens (including phenoxy) is 1. The molecule has 0 spiro atoms. The van der Waals surface area contributed by atoms with Gasteiger partial charge in [0.25, 0.3) is 5.91 Å². The Kier molecular flexibility index (Phi) is 3.44. The molecule has 78 valence electrons. The van der Waals surface area contributed by atoms with Crippen molar-refractivity contribution in [1.29, 1.82) is 0 Å². The average molecular weight is 200 g/mol. The summed E-state index contributed by atoms with van der Waals surface area (Å²) in [6.45, 7) is 1.83. The van der Waals surface area contributed by atoms with Gasteiger partial charge in [0, 0.05) is 0 Å². The summed E-state index contributed by atoms with van der Waals surface area (Å²) in [7, 11) is 0. The van der Waals surface area contributed by atoms with Crippen LogP contribution in [-0.4, -0.2) is 42.5 Å². The zero-order valence-electron chi connectivity index (χ0n) is 7.91. The van der Waals surface area contributed by atoms with E-state index in [9.17, 15) is 14.4 Å². The van der Waals surface area contributed by atoms with Gasteiger partial charge in [0.2, 0.25) is 0 Å². The lowest BCUT2D eigenvalue weighted by Gasteiger charge is -2.10. The van der Waals surface area contributed by atoms with Crippen LogP contribution in [0.15, 0.2) is 0 Å². The molecular weight excluding hydrogens is 188 g/mol. The fourth-order valence-corrected chi connectivity index (χ4v) is 1.01. The number of hydrogen-bond acceptors (Lipinski definition) is 4. The number of nitrogens with one attached hydrogen (secondary N) is 1. The highest BCUT2D eigenvalue weighted by molar-refractivity contribution is 6.04. The van der Waals surface area contributed by atoms with Crippen molar-refractivity contribution >= 4 is 17.9 Å². The standard InChI is InChI=1S/C8H12N2O4/c1-2-3-14-7(12)5-10-6(11)4-9-8(10)13/h2-5H2,1H3,(H,9,13). The van der Waals surface area contributed by atoms with Crippen LogP contribution in [0.3, 0.4) is 0 Å². The van der Waals surface area contributed by atoms with Crippen molar-refractivity contribution in [1.82, 2.24) is 10.2 Å². The van der Waals surface area contributed by atoms with Crippen LogP contribution in [0, 0.1) is 0 Å². The number of amides is 3. The molecule has 6 heteroatoms. The maximum Gasteiger partial charge on any atom is 0.326 e. The molecule has 14 heavy (non-hydrogen) atoms. The third-order valence-electron chi connectivity index (χ3n) is 1.69. The quantitative estimate of drug-likeness (QED) is 0.490. The second kappa shape index (κ2) is 4.59. The molecule has 0 aromatic heterocycles. The average Bonchev–Trinajstić information content (AvgIpc) is 2.46. The van der Waals surface area contributed by atoms with Crippen molar-refractivity contribution < 1.29 is 19.1 Å². The Morgan fingerprint density at radius 3 is 2.79 bits per heavy atom. The number of urea groups is 1. The highest BCUT2D eigenvalue weighted by Gasteiger charge is 2.30. The van der Waals surface area contributed by atoms with Crippen LogP contribution in [0.25, 0.3) is 0 Å². The zero-order valence-corrected chi connectivity index (χ0v) is 7.91. The minimum absolute atomic E-state index is 0.0418. The maximum absolute atomic E-state index is 11.1. The smallest absolute Gasteiger partial charge is 0.326 e. The van der Waals surface area contributed by atoms with Gasteiger partial charge in [0.05, 0.1) is 13.2 Å². The fourth-order valence-electron chi connectivity index (χ4n) is 1.01. The molecule has 0 saturated carbocycles. The number of carbonyl (C=O) groups excluding carboxylic acids is 3. The monoisotopic (exact) mass is 200 g/mol. The highest BCUT2D eigenvalue weighted by Crippen LogP contribution is 1.99. The highest BCUT2D eigenvalue weighted by atomic mass is 16.5. The first-order valence-electron chi connectivity index (χ1n) is 4.39. The summed E-state index contributed by atoms with van der Waals surface area (Å²) in [5.74, 6) is -0.958. The van der Waals surface area contributed by atoms with Crippen LogP contribution in [0.4, 0.5) is 4.79 Å². The predicted molar refractivity (Wildman–Crippen MR) is 46.4 cm³/mol. The molecule has 0 atom stereocenters. The van der Waals surface area contributed by atoms with Crippen molar-refractivity contribution in [2.75, 3.05) is 19.7 Å². The molecule has 0 unspecified atom stereocenters. The van der Waals surface area contributed by atoms with E-state index in [0.29, 0.717) is 13.0 Å². The Bertz CT molecular complexity index is 248. The number of rotatable bonds is 4. The third kappa shape index (κ3) is 2.45. The van der Waals surface area contributed by atoms with Gasteiger partial charge in [-0.3, -0.25) is 14.5 Å². The zero-order chi connectivity index (χ0) is 10.6. The van der Waals surface area contributed by atoms with Crippen molar-refractivity contribution in [3.8, 4) is 0 Å². The van der Waals surface area contributed by atoms with E-state index in [1.54, 1.807) is 0 Å². The molecule has 1 heterocycles. The van der Waals surface area contributed by atoms with E-state index < -0.39 is 17.9 Å². The molecule has 1 N–H and O–H groups in total. The maximum atomic E-state index is 11.1. The second-order valence-electron chi connectivity index (χ2n) is 2.86. The minimum Gasteiger partial charge on any atom is -0.464 e. The van der Waals surface area contributed by atoms with Crippen molar-refractivity contribution in [3.63, 3.8) is 0 Å². The predicted octanol–water partition coefficient (Wildman–Crippen LogP) is -0.509. The van der Waals surface area contributed by atoms with Crippen molar-refractivity contribution in [2.45, 2.75) is 13.3 Å². The minimum atomic E-state index is -0.558. The van der Waals surface area contributed by atoms with Gasteiger partial charge in [0.1, 0.15) is 6.54 Å². The number of esters is 1. The molecule has 1 rings (SSSR count). The van der Waals surface area contributed by atoms with Crippen LogP contribution < -0.4 is 5.32 Å². The Morgan fingerprint density at radius 1 is 1.57 bits per heavy atom. The van der Waals surface area contributed by atoms with Gasteiger partial charge in [-0.2, -0.15) is 0 Å². The SMILES string of the molecule is CCCOC(=O)CN1C(=O)CNC1=O. The lowest BCUT2D eigenvalue weighted by molar-refractivity contribution is -0.146. The van der Waals surface area contributed by atoms with Crippen LogP contribution in [0.2, 0.25) is 0 Å². The number of nitrogens with zero attached hydrogens (tertiary/aromatic N) is 1.